The molecule has 5 rings (SSSR count). The summed E-state index contributed by atoms with van der Waals surface area (Å²) in [6.45, 7) is -0.830. The Morgan fingerprint density at radius 1 is 1.32 bits per heavy atom. The molecule has 0 saturated heterocycles. The van der Waals surface area contributed by atoms with E-state index in [0.717, 1.165) is 18.4 Å². The highest BCUT2D eigenvalue weighted by atomic mass is 35.5. The van der Waals surface area contributed by atoms with Gasteiger partial charge in [0.25, 0.3) is 5.56 Å². The third kappa shape index (κ3) is 3.61. The van der Waals surface area contributed by atoms with Gasteiger partial charge in [0.15, 0.2) is 6.61 Å². The second kappa shape index (κ2) is 7.31. The lowest BCUT2D eigenvalue weighted by Gasteiger charge is -2.25. The van der Waals surface area contributed by atoms with E-state index in [0.29, 0.717) is 33.7 Å². The third-order valence-corrected chi connectivity index (χ3v) is 6.33. The fraction of sp³-hybridized carbons (Fsp3) is 0.381. The highest BCUT2D eigenvalue weighted by Crippen LogP contribution is 2.45. The van der Waals surface area contributed by atoms with Crippen LogP contribution in [0.5, 0.6) is 5.75 Å². The van der Waals surface area contributed by atoms with Crippen molar-refractivity contribution in [3.05, 3.63) is 56.3 Å². The van der Waals surface area contributed by atoms with Crippen molar-refractivity contribution in [2.45, 2.75) is 31.2 Å². The number of aromatic nitrogens is 3. The van der Waals surface area contributed by atoms with Crippen molar-refractivity contribution in [2.75, 3.05) is 11.9 Å². The van der Waals surface area contributed by atoms with Gasteiger partial charge in [0, 0.05) is 18.9 Å². The van der Waals surface area contributed by atoms with Crippen LogP contribution < -0.4 is 15.6 Å². The number of benzene rings is 1. The molecule has 10 heteroatoms. The van der Waals surface area contributed by atoms with E-state index in [9.17, 15) is 13.6 Å². The predicted molar refractivity (Wildman–Crippen MR) is 115 cm³/mol. The van der Waals surface area contributed by atoms with Gasteiger partial charge in [-0.05, 0) is 48.1 Å². The maximum absolute atomic E-state index is 14.7. The highest BCUT2D eigenvalue weighted by molar-refractivity contribution is 6.32. The van der Waals surface area contributed by atoms with Gasteiger partial charge in [0.2, 0.25) is 11.0 Å². The average Bonchev–Trinajstić information content (AvgIpc) is 3.56. The Balaban J connectivity index is 1.65. The molecule has 2 aliphatic rings. The first-order valence-electron chi connectivity index (χ1n) is 9.84. The topological polar surface area (TPSA) is 69.0 Å². The summed E-state index contributed by atoms with van der Waals surface area (Å²) in [7, 11) is 1.59. The molecule has 1 saturated carbocycles. The average molecular weight is 467 g/mol. The van der Waals surface area contributed by atoms with Crippen LogP contribution in [0.1, 0.15) is 24.1 Å². The van der Waals surface area contributed by atoms with Crippen LogP contribution in [-0.2, 0) is 13.5 Å². The van der Waals surface area contributed by atoms with Gasteiger partial charge in [0.05, 0.1) is 34.2 Å². The van der Waals surface area contributed by atoms with E-state index in [4.69, 9.17) is 27.9 Å². The minimum Gasteiger partial charge on any atom is -0.480 e. The smallest absolute Gasteiger partial charge is 0.301 e. The quantitative estimate of drug-likeness (QED) is 0.577. The second-order valence-corrected chi connectivity index (χ2v) is 8.78. The van der Waals surface area contributed by atoms with Crippen molar-refractivity contribution >= 4 is 39.8 Å². The number of aryl methyl sites for hydroxylation is 1. The van der Waals surface area contributed by atoms with Crippen LogP contribution in [-0.4, -0.2) is 33.1 Å². The molecule has 162 valence electrons. The monoisotopic (exact) mass is 466 g/mol. The van der Waals surface area contributed by atoms with Gasteiger partial charge in [-0.15, -0.1) is 0 Å². The van der Waals surface area contributed by atoms with Gasteiger partial charge < -0.3 is 14.6 Å². The van der Waals surface area contributed by atoms with Crippen LogP contribution in [0.2, 0.25) is 10.3 Å². The number of halogens is 4. The molecule has 1 fully saturated rings. The molecule has 3 aromatic rings. The summed E-state index contributed by atoms with van der Waals surface area (Å²) in [5.74, 6) is -3.31. The largest absolute Gasteiger partial charge is 0.480 e. The molecule has 0 amide bonds. The van der Waals surface area contributed by atoms with Crippen LogP contribution in [0.3, 0.4) is 0 Å². The molecule has 2 aromatic heterocycles. The minimum absolute atomic E-state index is 0.0843. The Morgan fingerprint density at radius 3 is 2.84 bits per heavy atom. The number of anilines is 1. The Kier molecular flexibility index (Phi) is 4.82. The lowest BCUT2D eigenvalue weighted by Crippen LogP contribution is -2.44. The molecule has 3 heterocycles. The number of nitrogens with zero attached hydrogens (tertiary/aromatic N) is 3. The molecule has 1 aromatic carbocycles. The maximum Gasteiger partial charge on any atom is 0.301 e. The molecule has 6 nitrogen and oxygen atoms in total. The lowest BCUT2D eigenvalue weighted by atomic mass is 10.0. The summed E-state index contributed by atoms with van der Waals surface area (Å²) in [6, 6.07) is 4.37. The van der Waals surface area contributed by atoms with Crippen molar-refractivity contribution in [3.63, 3.8) is 0 Å². The Hall–Kier alpha value is -2.45. The molecule has 1 aliphatic carbocycles. The van der Waals surface area contributed by atoms with E-state index in [1.807, 2.05) is 12.1 Å². The van der Waals surface area contributed by atoms with Crippen molar-refractivity contribution in [3.8, 4) is 5.75 Å². The van der Waals surface area contributed by atoms with E-state index >= 15 is 0 Å². The Morgan fingerprint density at radius 2 is 2.10 bits per heavy atom. The van der Waals surface area contributed by atoms with Crippen molar-refractivity contribution < 1.29 is 13.5 Å². The Bertz CT molecular complexity index is 1260. The van der Waals surface area contributed by atoms with Crippen molar-refractivity contribution in [1.29, 1.82) is 0 Å². The van der Waals surface area contributed by atoms with Gasteiger partial charge in [-0.1, -0.05) is 17.7 Å². The number of hydrogen-bond donors (Lipinski definition) is 1. The molecule has 0 radical (unpaired) electrons. The molecule has 1 N–H and O–H groups in total. The third-order valence-electron chi connectivity index (χ3n) is 5.83. The zero-order valence-corrected chi connectivity index (χ0v) is 18.0. The SMILES string of the molecule is Cn1c(=O)c2c(c3cc(Cc4nc(Cl)ncc4Cl)ccc31)N[C@@H](C1CC1)C(F)(F)CO2. The first-order chi connectivity index (χ1) is 14.7. The number of rotatable bonds is 3. The first kappa shape index (κ1) is 20.5. The van der Waals surface area contributed by atoms with E-state index in [2.05, 4.69) is 15.3 Å². The number of pyridine rings is 1. The minimum atomic E-state index is -3.08. The predicted octanol–water partition coefficient (Wildman–Crippen LogP) is 4.44. The van der Waals surface area contributed by atoms with E-state index in [1.165, 1.54) is 10.8 Å². The maximum atomic E-state index is 14.7. The van der Waals surface area contributed by atoms with E-state index in [1.54, 1.807) is 13.1 Å². The fourth-order valence-electron chi connectivity index (χ4n) is 4.06. The second-order valence-electron chi connectivity index (χ2n) is 8.04. The highest BCUT2D eigenvalue weighted by Gasteiger charge is 2.51. The van der Waals surface area contributed by atoms with Crippen LogP contribution in [0, 0.1) is 5.92 Å². The molecule has 31 heavy (non-hydrogen) atoms. The zero-order valence-electron chi connectivity index (χ0n) is 16.5. The molecule has 0 bridgehead atoms. The van der Waals surface area contributed by atoms with Crippen LogP contribution in [0.15, 0.2) is 29.2 Å². The zero-order chi connectivity index (χ0) is 21.9. The lowest BCUT2D eigenvalue weighted by molar-refractivity contribution is -0.0579. The number of ether oxygens (including phenoxy) is 1. The van der Waals surface area contributed by atoms with E-state index < -0.39 is 24.1 Å². The summed E-state index contributed by atoms with van der Waals surface area (Å²) in [6.07, 6.45) is 3.24. The summed E-state index contributed by atoms with van der Waals surface area (Å²) in [5.41, 5.74) is 1.82. The van der Waals surface area contributed by atoms with Gasteiger partial charge in [-0.25, -0.2) is 18.7 Å². The van der Waals surface area contributed by atoms with Crippen LogP contribution in [0.25, 0.3) is 10.9 Å². The molecular formula is C21H18Cl2F2N4O2. The summed E-state index contributed by atoms with van der Waals surface area (Å²) in [5, 5.41) is 4.05. The number of fused-ring (bicyclic) bond motifs is 3. The molecule has 0 unspecified atom stereocenters. The molecule has 1 aliphatic heterocycles. The number of alkyl halides is 2. The standard InChI is InChI=1S/C21H18Cl2F2N4O2/c1-29-15-5-2-10(7-14-13(22)8-26-20(23)27-14)6-12(15)16-17(19(29)30)31-9-21(24,25)18(28-16)11-3-4-11/h2,5-6,8,11,18,28H,3-4,7,9H2,1H3/t18-/m0/s1. The molecule has 0 spiro atoms. The molecule has 1 atom stereocenters. The number of nitrogens with one attached hydrogen (secondary N) is 1. The van der Waals surface area contributed by atoms with Gasteiger partial charge in [-0.3, -0.25) is 4.79 Å². The first-order valence-corrected chi connectivity index (χ1v) is 10.6. The van der Waals surface area contributed by atoms with Crippen molar-refractivity contribution in [2.24, 2.45) is 13.0 Å². The van der Waals surface area contributed by atoms with Gasteiger partial charge >= 0.3 is 5.92 Å². The van der Waals surface area contributed by atoms with Crippen LogP contribution >= 0.6 is 23.2 Å². The van der Waals surface area contributed by atoms with Gasteiger partial charge in [-0.2, -0.15) is 0 Å². The van der Waals surface area contributed by atoms with E-state index in [-0.39, 0.29) is 17.0 Å². The fourth-order valence-corrected chi connectivity index (χ4v) is 4.37. The Labute approximate surface area is 186 Å². The normalized spacial score (nSPS) is 20.0. The summed E-state index contributed by atoms with van der Waals surface area (Å²) >= 11 is 12.1. The summed E-state index contributed by atoms with van der Waals surface area (Å²) < 4.78 is 36.2. The molecular weight excluding hydrogens is 449 g/mol. The van der Waals surface area contributed by atoms with Crippen molar-refractivity contribution in [1.82, 2.24) is 14.5 Å². The number of hydrogen-bond acceptors (Lipinski definition) is 5. The van der Waals surface area contributed by atoms with Crippen LogP contribution in [0.4, 0.5) is 14.5 Å². The van der Waals surface area contributed by atoms with Gasteiger partial charge in [0.1, 0.15) is 0 Å². The summed E-state index contributed by atoms with van der Waals surface area (Å²) in [4.78, 5) is 20.9.